The van der Waals surface area contributed by atoms with E-state index >= 15 is 0 Å². The molecule has 26 heavy (non-hydrogen) atoms. The first-order valence-electron chi connectivity index (χ1n) is 7.43. The first-order valence-corrected chi connectivity index (χ1v) is 8.65. The highest BCUT2D eigenvalue weighted by molar-refractivity contribution is 8.27. The summed E-state index contributed by atoms with van der Waals surface area (Å²) in [6.07, 6.45) is 1.58. The Balaban J connectivity index is 1.90. The molecule has 1 aliphatic rings. The Morgan fingerprint density at radius 3 is 2.77 bits per heavy atom. The van der Waals surface area contributed by atoms with Crippen LogP contribution in [0, 0.1) is 5.82 Å². The van der Waals surface area contributed by atoms with E-state index in [1.165, 1.54) is 23.1 Å². The SMILES string of the molecule is O=C(O)COc1ccccc1/C=C1/SC(=S)N(c2cccc(F)c2)C1=O. The quantitative estimate of drug-likeness (QED) is 0.621. The molecule has 0 aliphatic carbocycles. The van der Waals surface area contributed by atoms with Crippen molar-refractivity contribution in [3.8, 4) is 5.75 Å². The number of carbonyl (C=O) groups excluding carboxylic acids is 1. The van der Waals surface area contributed by atoms with E-state index < -0.39 is 18.4 Å². The number of benzene rings is 2. The molecule has 2 aromatic rings. The molecule has 1 fully saturated rings. The smallest absolute Gasteiger partial charge is 0.341 e. The number of halogens is 1. The Labute approximate surface area is 158 Å². The number of nitrogens with zero attached hydrogens (tertiary/aromatic N) is 1. The molecular formula is C18H12FNO4S2. The second-order valence-corrected chi connectivity index (χ2v) is 6.89. The fourth-order valence-electron chi connectivity index (χ4n) is 2.32. The average Bonchev–Trinajstić information content (AvgIpc) is 2.87. The van der Waals surface area contributed by atoms with Crippen molar-refractivity contribution in [2.24, 2.45) is 0 Å². The molecule has 0 bridgehead atoms. The first kappa shape index (κ1) is 18.1. The molecule has 2 aromatic carbocycles. The van der Waals surface area contributed by atoms with Gasteiger partial charge in [0.1, 0.15) is 11.6 Å². The molecule has 0 aromatic heterocycles. The number of thioether (sulfide) groups is 1. The zero-order valence-corrected chi connectivity index (χ0v) is 14.8. The maximum Gasteiger partial charge on any atom is 0.341 e. The third-order valence-corrected chi connectivity index (χ3v) is 4.72. The molecule has 8 heteroatoms. The van der Waals surface area contributed by atoms with Gasteiger partial charge in [0, 0.05) is 5.56 Å². The van der Waals surface area contributed by atoms with Crippen LogP contribution in [0.4, 0.5) is 10.1 Å². The summed E-state index contributed by atoms with van der Waals surface area (Å²) in [6.45, 7) is -0.491. The highest BCUT2D eigenvalue weighted by atomic mass is 32.2. The van der Waals surface area contributed by atoms with Crippen LogP contribution in [-0.4, -0.2) is 27.9 Å². The Hall–Kier alpha value is -2.71. The van der Waals surface area contributed by atoms with Crippen LogP contribution in [0.1, 0.15) is 5.56 Å². The first-order chi connectivity index (χ1) is 12.5. The van der Waals surface area contributed by atoms with Crippen LogP contribution in [0.5, 0.6) is 5.75 Å². The maximum atomic E-state index is 13.5. The molecule has 0 radical (unpaired) electrons. The summed E-state index contributed by atoms with van der Waals surface area (Å²) in [5.74, 6) is -1.60. The van der Waals surface area contributed by atoms with Gasteiger partial charge < -0.3 is 9.84 Å². The summed E-state index contributed by atoms with van der Waals surface area (Å²) in [5, 5.41) is 8.76. The molecule has 5 nitrogen and oxygen atoms in total. The number of para-hydroxylation sites is 1. The minimum atomic E-state index is -1.10. The zero-order valence-electron chi connectivity index (χ0n) is 13.2. The monoisotopic (exact) mass is 389 g/mol. The normalized spacial score (nSPS) is 15.6. The lowest BCUT2D eigenvalue weighted by Crippen LogP contribution is -2.27. The molecule has 132 valence electrons. The number of rotatable bonds is 5. The zero-order chi connectivity index (χ0) is 18.7. The molecule has 1 N–H and O–H groups in total. The van der Waals surface area contributed by atoms with Gasteiger partial charge in [0.2, 0.25) is 0 Å². The fraction of sp³-hybridized carbons (Fsp3) is 0.0556. The van der Waals surface area contributed by atoms with Crippen molar-refractivity contribution >= 4 is 51.9 Å². The van der Waals surface area contributed by atoms with Gasteiger partial charge in [-0.15, -0.1) is 0 Å². The number of carboxylic acids is 1. The Morgan fingerprint density at radius 1 is 1.27 bits per heavy atom. The van der Waals surface area contributed by atoms with E-state index in [-0.39, 0.29) is 10.2 Å². The van der Waals surface area contributed by atoms with Gasteiger partial charge in [-0.05, 0) is 30.3 Å². The van der Waals surface area contributed by atoms with Crippen molar-refractivity contribution in [3.05, 3.63) is 64.8 Å². The summed E-state index contributed by atoms with van der Waals surface area (Å²) in [6, 6.07) is 12.4. The van der Waals surface area contributed by atoms with Crippen LogP contribution < -0.4 is 9.64 Å². The number of hydrogen-bond acceptors (Lipinski definition) is 5. The predicted octanol–water partition coefficient (Wildman–Crippen LogP) is 3.69. The lowest BCUT2D eigenvalue weighted by molar-refractivity contribution is -0.139. The van der Waals surface area contributed by atoms with E-state index in [4.69, 9.17) is 22.1 Å². The van der Waals surface area contributed by atoms with Crippen LogP contribution in [-0.2, 0) is 9.59 Å². The van der Waals surface area contributed by atoms with E-state index in [1.54, 1.807) is 36.4 Å². The number of carbonyl (C=O) groups is 2. The van der Waals surface area contributed by atoms with E-state index in [2.05, 4.69) is 0 Å². The second-order valence-electron chi connectivity index (χ2n) is 5.22. The summed E-state index contributed by atoms with van der Waals surface area (Å²) >= 11 is 6.34. The number of thiocarbonyl (C=S) groups is 1. The van der Waals surface area contributed by atoms with Gasteiger partial charge in [0.05, 0.1) is 10.6 Å². The Morgan fingerprint density at radius 2 is 2.04 bits per heavy atom. The van der Waals surface area contributed by atoms with Crippen molar-refractivity contribution in [1.29, 1.82) is 0 Å². The predicted molar refractivity (Wildman–Crippen MR) is 102 cm³/mol. The highest BCUT2D eigenvalue weighted by Crippen LogP contribution is 2.37. The molecule has 0 spiro atoms. The number of amides is 1. The van der Waals surface area contributed by atoms with Gasteiger partial charge in [-0.3, -0.25) is 9.69 Å². The van der Waals surface area contributed by atoms with Crippen molar-refractivity contribution in [1.82, 2.24) is 0 Å². The number of hydrogen-bond donors (Lipinski definition) is 1. The molecule has 1 saturated heterocycles. The minimum Gasteiger partial charge on any atom is -0.481 e. The number of ether oxygens (including phenoxy) is 1. The van der Waals surface area contributed by atoms with Crippen molar-refractivity contribution < 1.29 is 23.8 Å². The van der Waals surface area contributed by atoms with E-state index in [1.807, 2.05) is 0 Å². The van der Waals surface area contributed by atoms with Crippen molar-refractivity contribution in [3.63, 3.8) is 0 Å². The molecule has 1 amide bonds. The van der Waals surface area contributed by atoms with Crippen molar-refractivity contribution in [2.75, 3.05) is 11.5 Å². The largest absolute Gasteiger partial charge is 0.481 e. The van der Waals surface area contributed by atoms with Crippen LogP contribution in [0.15, 0.2) is 53.4 Å². The standard InChI is InChI=1S/C18H12FNO4S2/c19-12-5-3-6-13(9-12)20-17(23)15(26-18(20)25)8-11-4-1-2-7-14(11)24-10-16(21)22/h1-9H,10H2,(H,21,22)/b15-8+. The average molecular weight is 389 g/mol. The fourth-order valence-corrected chi connectivity index (χ4v) is 3.61. The van der Waals surface area contributed by atoms with Gasteiger partial charge in [0.25, 0.3) is 5.91 Å². The summed E-state index contributed by atoms with van der Waals surface area (Å²) in [5.41, 5.74) is 0.903. The lowest BCUT2D eigenvalue weighted by atomic mass is 10.2. The number of aliphatic carboxylic acids is 1. The number of carboxylic acid groups (broad SMARTS) is 1. The molecule has 1 aliphatic heterocycles. The van der Waals surface area contributed by atoms with Crippen LogP contribution >= 0.6 is 24.0 Å². The van der Waals surface area contributed by atoms with E-state index in [0.717, 1.165) is 11.8 Å². The van der Waals surface area contributed by atoms with E-state index in [9.17, 15) is 14.0 Å². The van der Waals surface area contributed by atoms with E-state index in [0.29, 0.717) is 21.9 Å². The van der Waals surface area contributed by atoms with Gasteiger partial charge in [-0.1, -0.05) is 48.2 Å². The van der Waals surface area contributed by atoms with Crippen LogP contribution in [0.3, 0.4) is 0 Å². The molecule has 1 heterocycles. The van der Waals surface area contributed by atoms with Gasteiger partial charge in [-0.2, -0.15) is 0 Å². The van der Waals surface area contributed by atoms with Gasteiger partial charge in [-0.25, -0.2) is 9.18 Å². The molecular weight excluding hydrogens is 377 g/mol. The summed E-state index contributed by atoms with van der Waals surface area (Å²) in [7, 11) is 0. The van der Waals surface area contributed by atoms with Crippen LogP contribution in [0.2, 0.25) is 0 Å². The Kier molecular flexibility index (Phi) is 5.34. The third-order valence-electron chi connectivity index (χ3n) is 3.42. The Bertz CT molecular complexity index is 929. The van der Waals surface area contributed by atoms with Crippen molar-refractivity contribution in [2.45, 2.75) is 0 Å². The highest BCUT2D eigenvalue weighted by Gasteiger charge is 2.33. The summed E-state index contributed by atoms with van der Waals surface area (Å²) in [4.78, 5) is 25.0. The number of anilines is 1. The summed E-state index contributed by atoms with van der Waals surface area (Å²) < 4.78 is 19.0. The lowest BCUT2D eigenvalue weighted by Gasteiger charge is -2.14. The molecule has 0 unspecified atom stereocenters. The molecule has 0 saturated carbocycles. The van der Waals surface area contributed by atoms with Gasteiger partial charge in [0.15, 0.2) is 10.9 Å². The third kappa shape index (κ3) is 3.92. The molecule has 3 rings (SSSR count). The molecule has 0 atom stereocenters. The second kappa shape index (κ2) is 7.67. The minimum absolute atomic E-state index is 0.288. The topological polar surface area (TPSA) is 66.8 Å². The van der Waals surface area contributed by atoms with Gasteiger partial charge >= 0.3 is 5.97 Å². The maximum absolute atomic E-state index is 13.5. The van der Waals surface area contributed by atoms with Crippen LogP contribution in [0.25, 0.3) is 6.08 Å².